The molecular formula is C55H102N6O14. The van der Waals surface area contributed by atoms with Crippen LogP contribution in [0.3, 0.4) is 0 Å². The van der Waals surface area contributed by atoms with Gasteiger partial charge in [-0.15, -0.1) is 0 Å². The number of hydrogen-bond donors (Lipinski definition) is 9. The van der Waals surface area contributed by atoms with Gasteiger partial charge in [0, 0.05) is 51.4 Å². The molecule has 0 aromatic carbocycles. The van der Waals surface area contributed by atoms with E-state index in [1.807, 2.05) is 0 Å². The summed E-state index contributed by atoms with van der Waals surface area (Å²) in [6, 6.07) is -1.13. The second-order valence-electron chi connectivity index (χ2n) is 19.5. The Kier molecular flexibility index (Phi) is 46.6. The number of carboxylic acids is 1. The van der Waals surface area contributed by atoms with E-state index in [2.05, 4.69) is 38.5 Å². The SMILES string of the molecule is C.C=C(O)[C@H](CCC(=O)NCCOCCOCC(=O)NCCOCCOCC(=O)NCCCC[C@H](NC)C(=O)CO)NC(=O)C1CCC(CNC(=O)CCCCCCCCCCCCCCCCCCC(=O)O)CC1. The van der Waals surface area contributed by atoms with E-state index in [-0.39, 0.29) is 139 Å². The van der Waals surface area contributed by atoms with Gasteiger partial charge in [0.05, 0.1) is 51.7 Å². The number of ether oxygens (including phenoxy) is 4. The fourth-order valence-electron chi connectivity index (χ4n) is 8.66. The highest BCUT2D eigenvalue weighted by Crippen LogP contribution is 2.29. The largest absolute Gasteiger partial charge is 0.511 e. The van der Waals surface area contributed by atoms with Gasteiger partial charge in [0.15, 0.2) is 5.78 Å². The Morgan fingerprint density at radius 3 is 1.44 bits per heavy atom. The van der Waals surface area contributed by atoms with Crippen molar-refractivity contribution < 1.29 is 67.8 Å². The molecule has 1 saturated carbocycles. The van der Waals surface area contributed by atoms with Gasteiger partial charge in [-0.3, -0.25) is 33.6 Å². The molecule has 0 bridgehead atoms. The minimum atomic E-state index is -0.748. The topological polar surface area (TPSA) is 289 Å². The predicted octanol–water partition coefficient (Wildman–Crippen LogP) is 5.72. The third-order valence-electron chi connectivity index (χ3n) is 13.2. The van der Waals surface area contributed by atoms with Crippen molar-refractivity contribution in [1.82, 2.24) is 31.9 Å². The number of aliphatic hydroxyl groups is 2. The number of rotatable bonds is 51. The van der Waals surface area contributed by atoms with Crippen molar-refractivity contribution in [2.24, 2.45) is 11.8 Å². The lowest BCUT2D eigenvalue weighted by atomic mass is 9.81. The van der Waals surface area contributed by atoms with Gasteiger partial charge in [-0.2, -0.15) is 0 Å². The average molecular weight is 1070 g/mol. The number of carboxylic acid groups (broad SMARTS) is 1. The zero-order valence-corrected chi connectivity index (χ0v) is 45.1. The molecule has 20 heteroatoms. The molecule has 9 N–H and O–H groups in total. The Balaban J connectivity index is 0.0000548. The molecule has 0 aromatic rings. The maximum Gasteiger partial charge on any atom is 0.303 e. The highest BCUT2D eigenvalue weighted by molar-refractivity contribution is 5.85. The molecule has 0 saturated heterocycles. The minimum Gasteiger partial charge on any atom is -0.511 e. The van der Waals surface area contributed by atoms with E-state index in [0.717, 1.165) is 51.4 Å². The number of amides is 5. The predicted molar refractivity (Wildman–Crippen MR) is 290 cm³/mol. The number of carbonyl (C=O) groups excluding carboxylic acids is 6. The Bertz CT molecular complexity index is 1530. The van der Waals surface area contributed by atoms with Crippen molar-refractivity contribution in [3.63, 3.8) is 0 Å². The summed E-state index contributed by atoms with van der Waals surface area (Å²) in [5, 5.41) is 44.8. The zero-order valence-electron chi connectivity index (χ0n) is 45.1. The summed E-state index contributed by atoms with van der Waals surface area (Å²) >= 11 is 0. The van der Waals surface area contributed by atoms with Crippen LogP contribution >= 0.6 is 0 Å². The molecule has 0 aliphatic heterocycles. The highest BCUT2D eigenvalue weighted by Gasteiger charge is 2.28. The van der Waals surface area contributed by atoms with Gasteiger partial charge in [-0.25, -0.2) is 0 Å². The lowest BCUT2D eigenvalue weighted by molar-refractivity contribution is -0.137. The van der Waals surface area contributed by atoms with Crippen molar-refractivity contribution in [3.05, 3.63) is 12.3 Å². The molecule has 0 radical (unpaired) electrons. The Morgan fingerprint density at radius 1 is 0.507 bits per heavy atom. The lowest BCUT2D eigenvalue weighted by Gasteiger charge is -2.29. The highest BCUT2D eigenvalue weighted by atomic mass is 16.5. The summed E-state index contributed by atoms with van der Waals surface area (Å²) in [6.07, 6.45) is 25.0. The van der Waals surface area contributed by atoms with Crippen LogP contribution < -0.4 is 31.9 Å². The standard InChI is InChI=1S/C54H98N6O14.CH4/c1-43(62)46(60-54(70)45-26-24-44(25-27-45)39-59-49(64)22-17-15-13-11-9-7-5-3-4-6-8-10-12-14-16-18-23-53(68)69)28-29-50(65)57-31-33-71-35-38-74-42-52(67)58-32-34-72-36-37-73-41-51(66)56-30-20-19-21-47(55-2)48(63)40-61;/h44-47,55,61-62H,1,3-42H2,2H3,(H,56,66)(H,57,65)(H,58,67)(H,59,64)(H,60,70)(H,68,69);1H4/t44?,45?,46-,47-;/m0./s1. The molecule has 0 heterocycles. The van der Waals surface area contributed by atoms with Crippen LogP contribution in [0.15, 0.2) is 12.3 Å². The van der Waals surface area contributed by atoms with Crippen LogP contribution in [0.1, 0.15) is 181 Å². The maximum absolute atomic E-state index is 13.1. The summed E-state index contributed by atoms with van der Waals surface area (Å²) < 4.78 is 21.5. The summed E-state index contributed by atoms with van der Waals surface area (Å²) in [7, 11) is 1.67. The molecule has 5 amide bonds. The van der Waals surface area contributed by atoms with Crippen molar-refractivity contribution in [2.75, 3.05) is 92.7 Å². The number of unbranched alkanes of at least 4 members (excludes halogenated alkanes) is 16. The third kappa shape index (κ3) is 42.6. The van der Waals surface area contributed by atoms with Gasteiger partial charge in [-0.05, 0) is 77.2 Å². The summed E-state index contributed by atoms with van der Waals surface area (Å²) in [6.45, 7) is 5.79. The number of ketones is 1. The monoisotopic (exact) mass is 1070 g/mol. The van der Waals surface area contributed by atoms with Crippen molar-refractivity contribution in [1.29, 1.82) is 0 Å². The first-order chi connectivity index (χ1) is 35.9. The van der Waals surface area contributed by atoms with E-state index < -0.39 is 18.6 Å². The average Bonchev–Trinajstić information content (AvgIpc) is 3.38. The van der Waals surface area contributed by atoms with Gasteiger partial charge in [0.1, 0.15) is 25.6 Å². The number of carbonyl (C=O) groups is 7. The molecule has 1 rings (SSSR count). The fraction of sp³-hybridized carbons (Fsp3) is 0.836. The normalized spacial score (nSPS) is 15.0. The van der Waals surface area contributed by atoms with Crippen LogP contribution in [0.2, 0.25) is 0 Å². The Morgan fingerprint density at radius 2 is 0.960 bits per heavy atom. The molecule has 0 unspecified atom stereocenters. The number of nitrogens with one attached hydrogen (secondary N) is 6. The number of Topliss-reactive ketones (excluding diaryl/α,β-unsaturated/α-hetero) is 1. The quantitative estimate of drug-likeness (QED) is 0.0260. The summed E-state index contributed by atoms with van der Waals surface area (Å²) in [5.74, 6) is -1.93. The minimum absolute atomic E-state index is 0. The van der Waals surface area contributed by atoms with Crippen molar-refractivity contribution >= 4 is 41.3 Å². The van der Waals surface area contributed by atoms with Crippen LogP contribution in [0.5, 0.6) is 0 Å². The summed E-state index contributed by atoms with van der Waals surface area (Å²) in [4.78, 5) is 84.0. The van der Waals surface area contributed by atoms with Gasteiger partial charge < -0.3 is 66.2 Å². The molecule has 1 aliphatic rings. The van der Waals surface area contributed by atoms with E-state index in [1.165, 1.54) is 70.6 Å². The first-order valence-corrected chi connectivity index (χ1v) is 27.9. The first kappa shape index (κ1) is 70.8. The van der Waals surface area contributed by atoms with E-state index in [0.29, 0.717) is 57.5 Å². The van der Waals surface area contributed by atoms with E-state index in [9.17, 15) is 38.7 Å². The molecule has 1 fully saturated rings. The molecule has 1 aliphatic carbocycles. The first-order valence-electron chi connectivity index (χ1n) is 27.9. The fourth-order valence-corrected chi connectivity index (χ4v) is 8.66. The second-order valence-corrected chi connectivity index (χ2v) is 19.5. The molecule has 75 heavy (non-hydrogen) atoms. The van der Waals surface area contributed by atoms with Gasteiger partial charge in [0.2, 0.25) is 29.5 Å². The molecule has 0 spiro atoms. The molecule has 0 aromatic heterocycles. The molecular weight excluding hydrogens is 969 g/mol. The summed E-state index contributed by atoms with van der Waals surface area (Å²) in [5.41, 5.74) is 0. The maximum atomic E-state index is 13.1. The van der Waals surface area contributed by atoms with Crippen molar-refractivity contribution in [3.8, 4) is 0 Å². The van der Waals surface area contributed by atoms with Crippen LogP contribution in [-0.2, 0) is 52.5 Å². The second kappa shape index (κ2) is 49.4. The van der Waals surface area contributed by atoms with Crippen LogP contribution in [0, 0.1) is 11.8 Å². The molecule has 436 valence electrons. The number of aliphatic carboxylic acids is 1. The van der Waals surface area contributed by atoms with Crippen LogP contribution in [0.25, 0.3) is 0 Å². The Hall–Kier alpha value is -4.21. The van der Waals surface area contributed by atoms with Gasteiger partial charge >= 0.3 is 5.97 Å². The molecule has 20 nitrogen and oxygen atoms in total. The Labute approximate surface area is 449 Å². The van der Waals surface area contributed by atoms with Gasteiger partial charge in [-0.1, -0.05) is 104 Å². The number of aliphatic hydroxyl groups excluding tert-OH is 2. The zero-order chi connectivity index (χ0) is 54.3. The van der Waals surface area contributed by atoms with Gasteiger partial charge in [0.25, 0.3) is 0 Å². The number of likely N-dealkylation sites (N-methyl/N-ethyl adjacent to an activating group) is 1. The lowest BCUT2D eigenvalue weighted by Crippen LogP contribution is -2.42. The smallest absolute Gasteiger partial charge is 0.303 e. The van der Waals surface area contributed by atoms with Crippen LogP contribution in [0.4, 0.5) is 0 Å². The van der Waals surface area contributed by atoms with E-state index in [1.54, 1.807) is 7.05 Å². The number of hydrogen-bond acceptors (Lipinski definition) is 14. The van der Waals surface area contributed by atoms with E-state index >= 15 is 0 Å². The molecule has 2 atom stereocenters. The van der Waals surface area contributed by atoms with Crippen molar-refractivity contribution in [2.45, 2.75) is 193 Å². The van der Waals surface area contributed by atoms with Crippen LogP contribution in [-0.4, -0.2) is 161 Å². The third-order valence-corrected chi connectivity index (χ3v) is 13.2. The van der Waals surface area contributed by atoms with E-state index in [4.69, 9.17) is 29.2 Å².